The first kappa shape index (κ1) is 12.9. The molecule has 0 heterocycles. The zero-order valence-electron chi connectivity index (χ0n) is 9.16. The average molecular weight is 202 g/mol. The van der Waals surface area contributed by atoms with Crippen LogP contribution in [-0.4, -0.2) is 50.1 Å². The third-order valence-electron chi connectivity index (χ3n) is 1.41. The van der Waals surface area contributed by atoms with Gasteiger partial charge in [-0.05, 0) is 13.8 Å². The monoisotopic (exact) mass is 202 g/mol. The Bertz CT molecular complexity index is 202. The van der Waals surface area contributed by atoms with E-state index in [2.05, 4.69) is 5.32 Å². The standard InChI is InChI=1S/C9H18N2O3/c1-7(2)14-9(13)6-10-5-8(12)11(3)4/h7,10H,5-6H2,1-4H3. The molecule has 0 radical (unpaired) electrons. The number of ether oxygens (including phenoxy) is 1. The molecule has 82 valence electrons. The van der Waals surface area contributed by atoms with Crippen LogP contribution in [0, 0.1) is 0 Å². The number of carbonyl (C=O) groups excluding carboxylic acids is 2. The summed E-state index contributed by atoms with van der Waals surface area (Å²) in [5, 5.41) is 2.71. The van der Waals surface area contributed by atoms with Crippen LogP contribution in [0.1, 0.15) is 13.8 Å². The van der Waals surface area contributed by atoms with E-state index in [1.54, 1.807) is 27.9 Å². The lowest BCUT2D eigenvalue weighted by Crippen LogP contribution is -2.36. The fourth-order valence-electron chi connectivity index (χ4n) is 0.734. The van der Waals surface area contributed by atoms with E-state index in [1.165, 1.54) is 4.90 Å². The summed E-state index contributed by atoms with van der Waals surface area (Å²) in [6.07, 6.45) is -0.117. The molecule has 0 fully saturated rings. The Hall–Kier alpha value is -1.10. The van der Waals surface area contributed by atoms with Gasteiger partial charge in [-0.25, -0.2) is 0 Å². The Kier molecular flexibility index (Phi) is 5.87. The van der Waals surface area contributed by atoms with E-state index < -0.39 is 0 Å². The van der Waals surface area contributed by atoms with E-state index in [0.717, 1.165) is 0 Å². The molecule has 0 aromatic carbocycles. The number of rotatable bonds is 5. The summed E-state index contributed by atoms with van der Waals surface area (Å²) in [7, 11) is 3.33. The lowest BCUT2D eigenvalue weighted by atomic mass is 10.4. The predicted molar refractivity (Wildman–Crippen MR) is 52.8 cm³/mol. The molecule has 0 unspecified atom stereocenters. The maximum Gasteiger partial charge on any atom is 0.320 e. The van der Waals surface area contributed by atoms with Gasteiger partial charge in [-0.3, -0.25) is 14.9 Å². The first-order chi connectivity index (χ1) is 6.43. The van der Waals surface area contributed by atoms with Crippen LogP contribution in [0.2, 0.25) is 0 Å². The van der Waals surface area contributed by atoms with Crippen LogP contribution in [0.3, 0.4) is 0 Å². The zero-order valence-corrected chi connectivity index (χ0v) is 9.16. The van der Waals surface area contributed by atoms with Crippen molar-refractivity contribution < 1.29 is 14.3 Å². The van der Waals surface area contributed by atoms with E-state index in [-0.39, 0.29) is 31.1 Å². The van der Waals surface area contributed by atoms with E-state index in [4.69, 9.17) is 4.74 Å². The molecule has 0 bridgehead atoms. The van der Waals surface area contributed by atoms with Crippen molar-refractivity contribution in [2.24, 2.45) is 0 Å². The molecule has 5 nitrogen and oxygen atoms in total. The van der Waals surface area contributed by atoms with Crippen molar-refractivity contribution >= 4 is 11.9 Å². The van der Waals surface area contributed by atoms with Gasteiger partial charge in [0.2, 0.25) is 5.91 Å². The molecule has 0 rings (SSSR count). The average Bonchev–Trinajstić information content (AvgIpc) is 2.02. The van der Waals surface area contributed by atoms with Crippen molar-refractivity contribution in [3.05, 3.63) is 0 Å². The van der Waals surface area contributed by atoms with Crippen molar-refractivity contribution in [1.29, 1.82) is 0 Å². The summed E-state index contributed by atoms with van der Waals surface area (Å²) in [5.74, 6) is -0.408. The number of carbonyl (C=O) groups is 2. The Morgan fingerprint density at radius 1 is 1.29 bits per heavy atom. The summed E-state index contributed by atoms with van der Waals surface area (Å²) in [6.45, 7) is 3.78. The molecule has 0 aliphatic rings. The van der Waals surface area contributed by atoms with Crippen molar-refractivity contribution in [1.82, 2.24) is 10.2 Å². The highest BCUT2D eigenvalue weighted by Crippen LogP contribution is 1.87. The van der Waals surface area contributed by atoms with Gasteiger partial charge in [0.05, 0.1) is 19.2 Å². The summed E-state index contributed by atoms with van der Waals surface area (Å²) in [4.78, 5) is 23.5. The van der Waals surface area contributed by atoms with Gasteiger partial charge in [-0.1, -0.05) is 0 Å². The number of amides is 1. The highest BCUT2D eigenvalue weighted by Gasteiger charge is 2.07. The molecule has 14 heavy (non-hydrogen) atoms. The minimum atomic E-state index is -0.341. The predicted octanol–water partition coefficient (Wildman–Crippen LogP) is -0.384. The van der Waals surface area contributed by atoms with Gasteiger partial charge in [0.1, 0.15) is 0 Å². The van der Waals surface area contributed by atoms with Gasteiger partial charge in [0, 0.05) is 14.1 Å². The Balaban J connectivity index is 3.54. The van der Waals surface area contributed by atoms with E-state index in [9.17, 15) is 9.59 Å². The van der Waals surface area contributed by atoms with Gasteiger partial charge in [0.15, 0.2) is 0 Å². The fraction of sp³-hybridized carbons (Fsp3) is 0.778. The molecule has 5 heteroatoms. The Labute approximate surface area is 84.4 Å². The number of nitrogens with zero attached hydrogens (tertiary/aromatic N) is 1. The minimum Gasteiger partial charge on any atom is -0.462 e. The second-order valence-electron chi connectivity index (χ2n) is 3.43. The van der Waals surface area contributed by atoms with Crippen LogP contribution in [-0.2, 0) is 14.3 Å². The lowest BCUT2D eigenvalue weighted by molar-refractivity contribution is -0.146. The number of esters is 1. The smallest absolute Gasteiger partial charge is 0.320 e. The lowest BCUT2D eigenvalue weighted by Gasteiger charge is -2.11. The fourth-order valence-corrected chi connectivity index (χ4v) is 0.734. The minimum absolute atomic E-state index is 0.0672. The summed E-state index contributed by atoms with van der Waals surface area (Å²) < 4.78 is 4.87. The Morgan fingerprint density at radius 3 is 2.29 bits per heavy atom. The van der Waals surface area contributed by atoms with E-state index in [0.29, 0.717) is 0 Å². The normalized spacial score (nSPS) is 10.1. The second-order valence-corrected chi connectivity index (χ2v) is 3.43. The molecule has 0 atom stereocenters. The summed E-state index contributed by atoms with van der Waals surface area (Å²) in [5.41, 5.74) is 0. The molecule has 0 aliphatic heterocycles. The second kappa shape index (κ2) is 6.37. The molecule has 0 spiro atoms. The third-order valence-corrected chi connectivity index (χ3v) is 1.41. The zero-order chi connectivity index (χ0) is 11.1. The summed E-state index contributed by atoms with van der Waals surface area (Å²) >= 11 is 0. The van der Waals surface area contributed by atoms with Gasteiger partial charge in [-0.15, -0.1) is 0 Å². The highest BCUT2D eigenvalue weighted by molar-refractivity contribution is 5.78. The molecule has 0 saturated carbocycles. The van der Waals surface area contributed by atoms with Crippen LogP contribution in [0.15, 0.2) is 0 Å². The van der Waals surface area contributed by atoms with E-state index >= 15 is 0 Å². The van der Waals surface area contributed by atoms with Crippen molar-refractivity contribution in [3.63, 3.8) is 0 Å². The largest absolute Gasteiger partial charge is 0.462 e. The molecule has 1 amide bonds. The first-order valence-electron chi connectivity index (χ1n) is 4.54. The van der Waals surface area contributed by atoms with Crippen LogP contribution >= 0.6 is 0 Å². The molecule has 0 aliphatic carbocycles. The van der Waals surface area contributed by atoms with Crippen LogP contribution < -0.4 is 5.32 Å². The Morgan fingerprint density at radius 2 is 1.86 bits per heavy atom. The molecule has 1 N–H and O–H groups in total. The highest BCUT2D eigenvalue weighted by atomic mass is 16.5. The topological polar surface area (TPSA) is 58.6 Å². The van der Waals surface area contributed by atoms with E-state index in [1.807, 2.05) is 0 Å². The van der Waals surface area contributed by atoms with Crippen LogP contribution in [0.4, 0.5) is 0 Å². The molecule has 0 aromatic rings. The molecular formula is C9H18N2O3. The summed E-state index contributed by atoms with van der Waals surface area (Å²) in [6, 6.07) is 0. The molecule has 0 saturated heterocycles. The van der Waals surface area contributed by atoms with Gasteiger partial charge in [0.25, 0.3) is 0 Å². The third kappa shape index (κ3) is 6.42. The number of likely N-dealkylation sites (N-methyl/N-ethyl adjacent to an activating group) is 1. The van der Waals surface area contributed by atoms with Gasteiger partial charge in [-0.2, -0.15) is 0 Å². The number of hydrogen-bond acceptors (Lipinski definition) is 4. The van der Waals surface area contributed by atoms with Gasteiger partial charge >= 0.3 is 5.97 Å². The van der Waals surface area contributed by atoms with Crippen molar-refractivity contribution in [2.75, 3.05) is 27.2 Å². The maximum absolute atomic E-state index is 11.1. The number of hydrogen-bond donors (Lipinski definition) is 1. The van der Waals surface area contributed by atoms with Crippen molar-refractivity contribution in [2.45, 2.75) is 20.0 Å². The first-order valence-corrected chi connectivity index (χ1v) is 4.54. The van der Waals surface area contributed by atoms with Crippen molar-refractivity contribution in [3.8, 4) is 0 Å². The maximum atomic E-state index is 11.1. The number of nitrogens with one attached hydrogen (secondary N) is 1. The molecular weight excluding hydrogens is 184 g/mol. The van der Waals surface area contributed by atoms with Gasteiger partial charge < -0.3 is 9.64 Å². The SMILES string of the molecule is CC(C)OC(=O)CNCC(=O)N(C)C. The van der Waals surface area contributed by atoms with Crippen LogP contribution in [0.25, 0.3) is 0 Å². The molecule has 0 aromatic heterocycles. The quantitative estimate of drug-likeness (QED) is 0.617. The van der Waals surface area contributed by atoms with Crippen LogP contribution in [0.5, 0.6) is 0 Å².